The Hall–Kier alpha value is -0.980. The van der Waals surface area contributed by atoms with Crippen molar-refractivity contribution in [2.45, 2.75) is 117 Å². The van der Waals surface area contributed by atoms with Gasteiger partial charge in [-0.25, -0.2) is 0 Å². The van der Waals surface area contributed by atoms with Crippen LogP contribution in [0.25, 0.3) is 0 Å². The van der Waals surface area contributed by atoms with Gasteiger partial charge in [0.1, 0.15) is 5.75 Å². The molecule has 0 fully saturated rings. The zero-order valence-corrected chi connectivity index (χ0v) is 17.7. The summed E-state index contributed by atoms with van der Waals surface area (Å²) in [5.74, 6) is 1.10. The predicted molar refractivity (Wildman–Crippen MR) is 116 cm³/mol. The Morgan fingerprint density at radius 1 is 0.577 bits per heavy atom. The molecule has 1 aromatic carbocycles. The highest BCUT2D eigenvalue weighted by molar-refractivity contribution is 5.33. The highest BCUT2D eigenvalue weighted by atomic mass is 16.5. The molecular weight excluding hydrogens is 316 g/mol. The van der Waals surface area contributed by atoms with E-state index in [1.165, 1.54) is 95.5 Å². The highest BCUT2D eigenvalue weighted by Gasteiger charge is 2.02. The quantitative estimate of drug-likeness (QED) is 0.238. The standard InChI is InChI=1S/C25H44O/c1-3-5-6-7-8-9-10-11-12-13-14-15-16-17-20-24-21-18-19-22-25(24)26-23-4-2/h18-19,21-22H,3-17,20,23H2,1-2H3. The van der Waals surface area contributed by atoms with Gasteiger partial charge in [0.25, 0.3) is 0 Å². The Labute approximate surface area is 163 Å². The van der Waals surface area contributed by atoms with Crippen LogP contribution in [0.5, 0.6) is 5.75 Å². The van der Waals surface area contributed by atoms with Crippen LogP contribution in [-0.2, 0) is 6.42 Å². The molecule has 0 aliphatic carbocycles. The molecule has 0 spiro atoms. The van der Waals surface area contributed by atoms with E-state index >= 15 is 0 Å². The van der Waals surface area contributed by atoms with Gasteiger partial charge in [-0.3, -0.25) is 0 Å². The first-order valence-electron chi connectivity index (χ1n) is 11.6. The van der Waals surface area contributed by atoms with Crippen molar-refractivity contribution in [3.63, 3.8) is 0 Å². The molecule has 0 aromatic heterocycles. The van der Waals surface area contributed by atoms with Crippen molar-refractivity contribution in [3.05, 3.63) is 29.8 Å². The summed E-state index contributed by atoms with van der Waals surface area (Å²) >= 11 is 0. The smallest absolute Gasteiger partial charge is 0.122 e. The third-order valence-corrected chi connectivity index (χ3v) is 5.23. The third-order valence-electron chi connectivity index (χ3n) is 5.23. The first-order valence-corrected chi connectivity index (χ1v) is 11.6. The Morgan fingerprint density at radius 2 is 1.08 bits per heavy atom. The zero-order chi connectivity index (χ0) is 18.7. The number of rotatable bonds is 18. The molecule has 1 rings (SSSR count). The Balaban J connectivity index is 1.91. The van der Waals surface area contributed by atoms with E-state index in [4.69, 9.17) is 4.74 Å². The van der Waals surface area contributed by atoms with E-state index in [0.29, 0.717) is 0 Å². The molecule has 0 aliphatic heterocycles. The minimum absolute atomic E-state index is 0.829. The summed E-state index contributed by atoms with van der Waals surface area (Å²) < 4.78 is 5.86. The van der Waals surface area contributed by atoms with E-state index in [-0.39, 0.29) is 0 Å². The van der Waals surface area contributed by atoms with Crippen LogP contribution in [0, 0.1) is 0 Å². The molecule has 26 heavy (non-hydrogen) atoms. The second-order valence-electron chi connectivity index (χ2n) is 7.80. The molecule has 0 N–H and O–H groups in total. The molecular formula is C25H44O. The molecule has 0 amide bonds. The summed E-state index contributed by atoms with van der Waals surface area (Å²) in [6, 6.07) is 8.57. The summed E-state index contributed by atoms with van der Waals surface area (Å²) in [5, 5.41) is 0. The van der Waals surface area contributed by atoms with Crippen LogP contribution >= 0.6 is 0 Å². The number of ether oxygens (including phenoxy) is 1. The van der Waals surface area contributed by atoms with Crippen LogP contribution in [0.1, 0.15) is 116 Å². The number of benzene rings is 1. The molecule has 1 aromatic rings. The van der Waals surface area contributed by atoms with E-state index in [2.05, 4.69) is 38.1 Å². The van der Waals surface area contributed by atoms with E-state index < -0.39 is 0 Å². The largest absolute Gasteiger partial charge is 0.493 e. The van der Waals surface area contributed by atoms with Crippen LogP contribution in [-0.4, -0.2) is 6.61 Å². The van der Waals surface area contributed by atoms with Crippen molar-refractivity contribution in [2.24, 2.45) is 0 Å². The van der Waals surface area contributed by atoms with Crippen molar-refractivity contribution in [2.75, 3.05) is 6.61 Å². The maximum Gasteiger partial charge on any atom is 0.122 e. The zero-order valence-electron chi connectivity index (χ0n) is 17.7. The van der Waals surface area contributed by atoms with Gasteiger partial charge >= 0.3 is 0 Å². The van der Waals surface area contributed by atoms with Gasteiger partial charge in [-0.15, -0.1) is 0 Å². The fourth-order valence-electron chi connectivity index (χ4n) is 3.57. The van der Waals surface area contributed by atoms with Gasteiger partial charge in [-0.1, -0.05) is 116 Å². The summed E-state index contributed by atoms with van der Waals surface area (Å²) in [6.07, 6.45) is 22.1. The predicted octanol–water partition coefficient (Wildman–Crippen LogP) is 8.50. The second kappa shape index (κ2) is 17.4. The van der Waals surface area contributed by atoms with Crippen LogP contribution in [0.2, 0.25) is 0 Å². The van der Waals surface area contributed by atoms with Gasteiger partial charge in [0, 0.05) is 0 Å². The molecule has 0 atom stereocenters. The average molecular weight is 361 g/mol. The molecule has 0 aliphatic rings. The fourth-order valence-corrected chi connectivity index (χ4v) is 3.57. The second-order valence-corrected chi connectivity index (χ2v) is 7.80. The fraction of sp³-hybridized carbons (Fsp3) is 0.760. The van der Waals surface area contributed by atoms with E-state index in [9.17, 15) is 0 Å². The molecule has 1 nitrogen and oxygen atoms in total. The molecule has 0 heterocycles. The molecule has 0 saturated carbocycles. The van der Waals surface area contributed by atoms with Gasteiger partial charge in [0.05, 0.1) is 6.61 Å². The third kappa shape index (κ3) is 12.4. The van der Waals surface area contributed by atoms with Crippen molar-refractivity contribution >= 4 is 0 Å². The minimum Gasteiger partial charge on any atom is -0.493 e. The first kappa shape index (κ1) is 23.1. The summed E-state index contributed by atoms with van der Waals surface area (Å²) in [4.78, 5) is 0. The van der Waals surface area contributed by atoms with Crippen LogP contribution in [0.3, 0.4) is 0 Å². The molecule has 1 heteroatoms. The molecule has 0 bridgehead atoms. The van der Waals surface area contributed by atoms with Crippen molar-refractivity contribution in [3.8, 4) is 5.75 Å². The van der Waals surface area contributed by atoms with Gasteiger partial charge in [0.2, 0.25) is 0 Å². The lowest BCUT2D eigenvalue weighted by atomic mass is 10.0. The van der Waals surface area contributed by atoms with Crippen molar-refractivity contribution < 1.29 is 4.74 Å². The Morgan fingerprint density at radius 3 is 1.62 bits per heavy atom. The average Bonchev–Trinajstić information content (AvgIpc) is 2.67. The van der Waals surface area contributed by atoms with Crippen LogP contribution in [0.4, 0.5) is 0 Å². The van der Waals surface area contributed by atoms with Crippen LogP contribution in [0.15, 0.2) is 24.3 Å². The van der Waals surface area contributed by atoms with E-state index in [1.807, 2.05) is 0 Å². The number of unbranched alkanes of at least 4 members (excludes halogenated alkanes) is 13. The molecule has 150 valence electrons. The lowest BCUT2D eigenvalue weighted by Gasteiger charge is -2.10. The molecule has 0 radical (unpaired) electrons. The number of para-hydroxylation sites is 1. The normalized spacial score (nSPS) is 11.0. The number of hydrogen-bond acceptors (Lipinski definition) is 1. The monoisotopic (exact) mass is 360 g/mol. The maximum atomic E-state index is 5.86. The van der Waals surface area contributed by atoms with Crippen LogP contribution < -0.4 is 4.74 Å². The summed E-state index contributed by atoms with van der Waals surface area (Å²) in [6.45, 7) is 5.28. The van der Waals surface area contributed by atoms with Gasteiger partial charge < -0.3 is 4.74 Å². The maximum absolute atomic E-state index is 5.86. The van der Waals surface area contributed by atoms with Gasteiger partial charge in [-0.05, 0) is 30.9 Å². The van der Waals surface area contributed by atoms with Gasteiger partial charge in [0.15, 0.2) is 0 Å². The number of aryl methyl sites for hydroxylation is 1. The molecule has 0 unspecified atom stereocenters. The van der Waals surface area contributed by atoms with E-state index in [1.54, 1.807) is 0 Å². The number of hydrogen-bond donors (Lipinski definition) is 0. The molecule has 0 saturated heterocycles. The van der Waals surface area contributed by atoms with Crippen molar-refractivity contribution in [1.29, 1.82) is 0 Å². The van der Waals surface area contributed by atoms with E-state index in [0.717, 1.165) is 25.2 Å². The summed E-state index contributed by atoms with van der Waals surface area (Å²) in [5.41, 5.74) is 1.39. The highest BCUT2D eigenvalue weighted by Crippen LogP contribution is 2.21. The minimum atomic E-state index is 0.829. The van der Waals surface area contributed by atoms with Crippen molar-refractivity contribution in [1.82, 2.24) is 0 Å². The van der Waals surface area contributed by atoms with Gasteiger partial charge in [-0.2, -0.15) is 0 Å². The lowest BCUT2D eigenvalue weighted by molar-refractivity contribution is 0.314. The topological polar surface area (TPSA) is 9.23 Å². The Kier molecular flexibility index (Phi) is 15.5. The Bertz CT molecular complexity index is 412. The summed E-state index contributed by atoms with van der Waals surface area (Å²) in [7, 11) is 0. The lowest BCUT2D eigenvalue weighted by Crippen LogP contribution is -1.99. The first-order chi connectivity index (χ1) is 12.9. The SMILES string of the molecule is CCCCCCCCCCCCCCCCc1ccccc1OCCC.